The van der Waals surface area contributed by atoms with Crippen molar-refractivity contribution in [1.82, 2.24) is 0 Å². The highest BCUT2D eigenvalue weighted by molar-refractivity contribution is 6.30. The van der Waals surface area contributed by atoms with E-state index >= 15 is 0 Å². The van der Waals surface area contributed by atoms with Gasteiger partial charge in [-0.3, -0.25) is 0 Å². The van der Waals surface area contributed by atoms with Gasteiger partial charge in [0.05, 0.1) is 6.10 Å². The SMILES string of the molecule is CC(O)CNc1cccc(Cl)c1. The van der Waals surface area contributed by atoms with Crippen molar-refractivity contribution in [1.29, 1.82) is 0 Å². The molecular formula is C9H12ClNO. The number of halogens is 1. The first kappa shape index (κ1) is 9.36. The minimum Gasteiger partial charge on any atom is -0.392 e. The molecule has 0 aliphatic carbocycles. The Bertz CT molecular complexity index is 250. The van der Waals surface area contributed by atoms with Crippen LogP contribution in [0.5, 0.6) is 0 Å². The molecule has 2 nitrogen and oxygen atoms in total. The maximum absolute atomic E-state index is 8.99. The Morgan fingerprint density at radius 3 is 2.92 bits per heavy atom. The van der Waals surface area contributed by atoms with Gasteiger partial charge in [0.1, 0.15) is 0 Å². The molecule has 0 bridgehead atoms. The lowest BCUT2D eigenvalue weighted by Gasteiger charge is -2.07. The number of rotatable bonds is 3. The third-order valence-corrected chi connectivity index (χ3v) is 1.66. The van der Waals surface area contributed by atoms with Crippen molar-refractivity contribution >= 4 is 17.3 Å². The Kier molecular flexibility index (Phi) is 3.38. The Labute approximate surface area is 77.2 Å². The van der Waals surface area contributed by atoms with Gasteiger partial charge in [0.15, 0.2) is 0 Å². The molecule has 0 amide bonds. The van der Waals surface area contributed by atoms with Gasteiger partial charge in [-0.1, -0.05) is 17.7 Å². The molecule has 0 saturated heterocycles. The summed E-state index contributed by atoms with van der Waals surface area (Å²) >= 11 is 5.76. The van der Waals surface area contributed by atoms with E-state index in [9.17, 15) is 0 Å². The number of benzene rings is 1. The van der Waals surface area contributed by atoms with Crippen molar-refractivity contribution < 1.29 is 5.11 Å². The van der Waals surface area contributed by atoms with Gasteiger partial charge in [0.25, 0.3) is 0 Å². The zero-order chi connectivity index (χ0) is 8.97. The van der Waals surface area contributed by atoms with Crippen LogP contribution in [0.25, 0.3) is 0 Å². The van der Waals surface area contributed by atoms with Crippen LogP contribution in [0.3, 0.4) is 0 Å². The minimum absolute atomic E-state index is 0.344. The van der Waals surface area contributed by atoms with Crippen LogP contribution in [0.2, 0.25) is 5.02 Å². The second kappa shape index (κ2) is 4.33. The molecule has 0 spiro atoms. The molecule has 2 N–H and O–H groups in total. The van der Waals surface area contributed by atoms with Crippen molar-refractivity contribution in [3.63, 3.8) is 0 Å². The van der Waals surface area contributed by atoms with E-state index in [2.05, 4.69) is 5.32 Å². The largest absolute Gasteiger partial charge is 0.392 e. The van der Waals surface area contributed by atoms with Gasteiger partial charge in [-0.05, 0) is 25.1 Å². The smallest absolute Gasteiger partial charge is 0.0684 e. The van der Waals surface area contributed by atoms with Crippen molar-refractivity contribution in [2.24, 2.45) is 0 Å². The molecule has 1 rings (SSSR count). The van der Waals surface area contributed by atoms with Gasteiger partial charge in [0, 0.05) is 17.3 Å². The van der Waals surface area contributed by atoms with Crippen LogP contribution in [0.1, 0.15) is 6.92 Å². The van der Waals surface area contributed by atoms with E-state index < -0.39 is 0 Å². The Hall–Kier alpha value is -0.730. The number of anilines is 1. The fourth-order valence-electron chi connectivity index (χ4n) is 0.864. The van der Waals surface area contributed by atoms with E-state index in [0.29, 0.717) is 11.6 Å². The first-order chi connectivity index (χ1) is 5.68. The summed E-state index contributed by atoms with van der Waals surface area (Å²) in [5.41, 5.74) is 0.934. The van der Waals surface area contributed by atoms with Crippen molar-refractivity contribution in [2.75, 3.05) is 11.9 Å². The Balaban J connectivity index is 2.52. The van der Waals surface area contributed by atoms with Crippen LogP contribution in [-0.2, 0) is 0 Å². The van der Waals surface area contributed by atoms with E-state index in [4.69, 9.17) is 16.7 Å². The van der Waals surface area contributed by atoms with Crippen molar-refractivity contribution in [2.45, 2.75) is 13.0 Å². The van der Waals surface area contributed by atoms with E-state index in [-0.39, 0.29) is 6.10 Å². The molecule has 0 aromatic heterocycles. The van der Waals surface area contributed by atoms with Crippen molar-refractivity contribution in [3.05, 3.63) is 29.3 Å². The number of aliphatic hydroxyl groups is 1. The first-order valence-electron chi connectivity index (χ1n) is 3.86. The van der Waals surface area contributed by atoms with Crippen LogP contribution >= 0.6 is 11.6 Å². The van der Waals surface area contributed by atoms with Crippen molar-refractivity contribution in [3.8, 4) is 0 Å². The highest BCUT2D eigenvalue weighted by atomic mass is 35.5. The van der Waals surface area contributed by atoms with Gasteiger partial charge in [-0.2, -0.15) is 0 Å². The van der Waals surface area contributed by atoms with Crippen LogP contribution in [0.4, 0.5) is 5.69 Å². The number of nitrogens with one attached hydrogen (secondary N) is 1. The first-order valence-corrected chi connectivity index (χ1v) is 4.24. The van der Waals surface area contributed by atoms with E-state index in [1.54, 1.807) is 6.92 Å². The standard InChI is InChI=1S/C9H12ClNO/c1-7(12)6-11-9-4-2-3-8(10)5-9/h2-5,7,11-12H,6H2,1H3. The molecule has 0 radical (unpaired) electrons. The predicted molar refractivity (Wildman–Crippen MR) is 51.6 cm³/mol. The molecule has 1 aromatic carbocycles. The molecule has 0 saturated carbocycles. The highest BCUT2D eigenvalue weighted by Crippen LogP contribution is 2.14. The van der Waals surface area contributed by atoms with Crippen LogP contribution in [0, 0.1) is 0 Å². The number of aliphatic hydroxyl groups excluding tert-OH is 1. The van der Waals surface area contributed by atoms with Gasteiger partial charge >= 0.3 is 0 Å². The molecule has 0 fully saturated rings. The van der Waals surface area contributed by atoms with Gasteiger partial charge in [0.2, 0.25) is 0 Å². The Morgan fingerprint density at radius 2 is 2.33 bits per heavy atom. The molecular weight excluding hydrogens is 174 g/mol. The van der Waals surface area contributed by atoms with Gasteiger partial charge in [-0.25, -0.2) is 0 Å². The average molecular weight is 186 g/mol. The molecule has 66 valence electrons. The summed E-state index contributed by atoms with van der Waals surface area (Å²) in [5.74, 6) is 0. The second-order valence-electron chi connectivity index (χ2n) is 2.74. The van der Waals surface area contributed by atoms with E-state index in [1.807, 2.05) is 24.3 Å². The summed E-state index contributed by atoms with van der Waals surface area (Å²) in [4.78, 5) is 0. The topological polar surface area (TPSA) is 32.3 Å². The second-order valence-corrected chi connectivity index (χ2v) is 3.18. The normalized spacial score (nSPS) is 12.6. The van der Waals surface area contributed by atoms with Gasteiger partial charge in [-0.15, -0.1) is 0 Å². The molecule has 12 heavy (non-hydrogen) atoms. The van der Waals surface area contributed by atoms with E-state index in [1.165, 1.54) is 0 Å². The lowest BCUT2D eigenvalue weighted by atomic mass is 10.3. The monoisotopic (exact) mass is 185 g/mol. The Morgan fingerprint density at radius 1 is 1.58 bits per heavy atom. The average Bonchev–Trinajstić information content (AvgIpc) is 2.01. The number of hydrogen-bond donors (Lipinski definition) is 2. The maximum atomic E-state index is 8.99. The molecule has 1 unspecified atom stereocenters. The summed E-state index contributed by atoms with van der Waals surface area (Å²) in [6.45, 7) is 2.28. The third-order valence-electron chi connectivity index (χ3n) is 1.43. The lowest BCUT2D eigenvalue weighted by molar-refractivity contribution is 0.208. The maximum Gasteiger partial charge on any atom is 0.0684 e. The third kappa shape index (κ3) is 3.11. The molecule has 1 atom stereocenters. The molecule has 1 aromatic rings. The quantitative estimate of drug-likeness (QED) is 0.756. The zero-order valence-corrected chi connectivity index (χ0v) is 7.67. The zero-order valence-electron chi connectivity index (χ0n) is 6.92. The fraction of sp³-hybridized carbons (Fsp3) is 0.333. The molecule has 3 heteroatoms. The summed E-state index contributed by atoms with van der Waals surface area (Å²) in [6, 6.07) is 7.42. The molecule has 0 aliphatic rings. The predicted octanol–water partition coefficient (Wildman–Crippen LogP) is 2.13. The summed E-state index contributed by atoms with van der Waals surface area (Å²) in [5, 5.41) is 12.7. The van der Waals surface area contributed by atoms with Crippen LogP contribution in [-0.4, -0.2) is 17.8 Å². The molecule has 0 heterocycles. The molecule has 0 aliphatic heterocycles. The highest BCUT2D eigenvalue weighted by Gasteiger charge is 1.95. The van der Waals surface area contributed by atoms with Crippen LogP contribution < -0.4 is 5.32 Å². The van der Waals surface area contributed by atoms with Crippen LogP contribution in [0.15, 0.2) is 24.3 Å². The van der Waals surface area contributed by atoms with Gasteiger partial charge < -0.3 is 10.4 Å². The summed E-state index contributed by atoms with van der Waals surface area (Å²) < 4.78 is 0. The minimum atomic E-state index is -0.344. The van der Waals surface area contributed by atoms with E-state index in [0.717, 1.165) is 5.69 Å². The lowest BCUT2D eigenvalue weighted by Crippen LogP contribution is -2.15. The fourth-order valence-corrected chi connectivity index (χ4v) is 1.05. The summed E-state index contributed by atoms with van der Waals surface area (Å²) in [6.07, 6.45) is -0.344. The summed E-state index contributed by atoms with van der Waals surface area (Å²) in [7, 11) is 0. The number of hydrogen-bond acceptors (Lipinski definition) is 2.